The van der Waals surface area contributed by atoms with Crippen LogP contribution in [0.3, 0.4) is 0 Å². The fourth-order valence-corrected chi connectivity index (χ4v) is 2.39. The number of likely N-dealkylation sites (N-methyl/N-ethyl adjacent to an activating group) is 1. The minimum absolute atomic E-state index is 0.0105. The van der Waals surface area contributed by atoms with Gasteiger partial charge >= 0.3 is 0 Å². The summed E-state index contributed by atoms with van der Waals surface area (Å²) in [4.78, 5) is 2.10. The molecular formula is C17H18FN3. The number of nitrogens with two attached hydrogens (primary N) is 1. The van der Waals surface area contributed by atoms with Gasteiger partial charge in [-0.2, -0.15) is 5.26 Å². The van der Waals surface area contributed by atoms with Crippen molar-refractivity contribution in [2.24, 2.45) is 5.73 Å². The Kier molecular flexibility index (Phi) is 5.04. The van der Waals surface area contributed by atoms with Gasteiger partial charge in [-0.05, 0) is 42.4 Å². The Hall–Kier alpha value is -2.22. The third kappa shape index (κ3) is 3.88. The largest absolute Gasteiger partial charge is 0.329 e. The highest BCUT2D eigenvalue weighted by Gasteiger charge is 2.15. The van der Waals surface area contributed by atoms with Crippen molar-refractivity contribution in [3.05, 3.63) is 71.0 Å². The zero-order valence-corrected chi connectivity index (χ0v) is 12.0. The van der Waals surface area contributed by atoms with E-state index in [1.807, 2.05) is 25.2 Å². The van der Waals surface area contributed by atoms with Crippen LogP contribution in [0.4, 0.5) is 4.39 Å². The van der Waals surface area contributed by atoms with Crippen molar-refractivity contribution in [2.45, 2.75) is 12.6 Å². The monoisotopic (exact) mass is 283 g/mol. The van der Waals surface area contributed by atoms with E-state index in [4.69, 9.17) is 11.0 Å². The molecule has 0 aromatic heterocycles. The van der Waals surface area contributed by atoms with Crippen LogP contribution in [0, 0.1) is 17.1 Å². The van der Waals surface area contributed by atoms with E-state index in [1.165, 1.54) is 12.1 Å². The van der Waals surface area contributed by atoms with Crippen molar-refractivity contribution in [2.75, 3.05) is 13.6 Å². The zero-order chi connectivity index (χ0) is 15.2. The Morgan fingerprint density at radius 3 is 2.57 bits per heavy atom. The summed E-state index contributed by atoms with van der Waals surface area (Å²) in [6, 6.07) is 16.1. The Morgan fingerprint density at radius 2 is 1.95 bits per heavy atom. The van der Waals surface area contributed by atoms with E-state index >= 15 is 0 Å². The molecule has 1 atom stereocenters. The van der Waals surface area contributed by atoms with Crippen LogP contribution in [0.25, 0.3) is 0 Å². The van der Waals surface area contributed by atoms with Crippen LogP contribution >= 0.6 is 0 Å². The molecule has 0 saturated heterocycles. The molecule has 3 nitrogen and oxygen atoms in total. The second-order valence-electron chi connectivity index (χ2n) is 5.03. The molecule has 0 bridgehead atoms. The lowest BCUT2D eigenvalue weighted by Crippen LogP contribution is -2.30. The van der Waals surface area contributed by atoms with Crippen LogP contribution in [-0.4, -0.2) is 18.5 Å². The van der Waals surface area contributed by atoms with Crippen LogP contribution in [0.1, 0.15) is 22.7 Å². The van der Waals surface area contributed by atoms with E-state index < -0.39 is 0 Å². The maximum atomic E-state index is 13.0. The molecule has 2 N–H and O–H groups in total. The lowest BCUT2D eigenvalue weighted by atomic mass is 10.0. The average molecular weight is 283 g/mol. The molecular weight excluding hydrogens is 265 g/mol. The van der Waals surface area contributed by atoms with Gasteiger partial charge in [0.1, 0.15) is 5.82 Å². The van der Waals surface area contributed by atoms with Crippen molar-refractivity contribution in [3.63, 3.8) is 0 Å². The SMILES string of the molecule is CN(Cc1cccc(C#N)c1)C(CN)c1ccc(F)cc1. The number of hydrogen-bond acceptors (Lipinski definition) is 3. The first-order valence-corrected chi connectivity index (χ1v) is 6.79. The van der Waals surface area contributed by atoms with Crippen molar-refractivity contribution in [1.82, 2.24) is 4.90 Å². The highest BCUT2D eigenvalue weighted by atomic mass is 19.1. The molecule has 0 amide bonds. The molecule has 0 aliphatic carbocycles. The summed E-state index contributed by atoms with van der Waals surface area (Å²) in [7, 11) is 1.97. The van der Waals surface area contributed by atoms with Crippen LogP contribution in [0.2, 0.25) is 0 Å². The van der Waals surface area contributed by atoms with Gasteiger partial charge in [0.2, 0.25) is 0 Å². The quantitative estimate of drug-likeness (QED) is 0.918. The second-order valence-corrected chi connectivity index (χ2v) is 5.03. The van der Waals surface area contributed by atoms with E-state index in [9.17, 15) is 4.39 Å². The lowest BCUT2D eigenvalue weighted by molar-refractivity contribution is 0.241. The number of hydrogen-bond donors (Lipinski definition) is 1. The predicted molar refractivity (Wildman–Crippen MR) is 80.8 cm³/mol. The molecule has 0 fully saturated rings. The van der Waals surface area contributed by atoms with Crippen molar-refractivity contribution in [3.8, 4) is 6.07 Å². The van der Waals surface area contributed by atoms with Gasteiger partial charge in [0.05, 0.1) is 11.6 Å². The summed E-state index contributed by atoms with van der Waals surface area (Å²) in [6.07, 6.45) is 0. The second kappa shape index (κ2) is 6.98. The standard InChI is InChI=1S/C17H18FN3/c1-21(12-14-4-2-3-13(9-14)10-19)17(11-20)15-5-7-16(18)8-6-15/h2-9,17H,11-12,20H2,1H3. The van der Waals surface area contributed by atoms with Gasteiger partial charge < -0.3 is 5.73 Å². The Labute approximate surface area is 124 Å². The molecule has 108 valence electrons. The van der Waals surface area contributed by atoms with Crippen molar-refractivity contribution < 1.29 is 4.39 Å². The normalized spacial score (nSPS) is 12.1. The van der Waals surface area contributed by atoms with Crippen LogP contribution in [-0.2, 0) is 6.54 Å². The first-order chi connectivity index (χ1) is 10.1. The van der Waals surface area contributed by atoms with Gasteiger partial charge in [-0.25, -0.2) is 4.39 Å². The highest BCUT2D eigenvalue weighted by molar-refractivity contribution is 5.33. The van der Waals surface area contributed by atoms with E-state index in [0.717, 1.165) is 11.1 Å². The van der Waals surface area contributed by atoms with E-state index in [1.54, 1.807) is 18.2 Å². The maximum Gasteiger partial charge on any atom is 0.123 e. The zero-order valence-electron chi connectivity index (χ0n) is 12.0. The number of nitrogens with zero attached hydrogens (tertiary/aromatic N) is 2. The third-order valence-corrected chi connectivity index (χ3v) is 3.50. The predicted octanol–water partition coefficient (Wildman–Crippen LogP) is 2.83. The molecule has 2 aromatic rings. The minimum atomic E-state index is -0.251. The highest BCUT2D eigenvalue weighted by Crippen LogP contribution is 2.21. The molecule has 21 heavy (non-hydrogen) atoms. The molecule has 1 unspecified atom stereocenters. The first-order valence-electron chi connectivity index (χ1n) is 6.79. The van der Waals surface area contributed by atoms with Gasteiger partial charge in [-0.15, -0.1) is 0 Å². The summed E-state index contributed by atoms with van der Waals surface area (Å²) in [5.41, 5.74) is 8.55. The van der Waals surface area contributed by atoms with Gasteiger partial charge in [-0.1, -0.05) is 24.3 Å². The van der Waals surface area contributed by atoms with E-state index in [0.29, 0.717) is 18.7 Å². The minimum Gasteiger partial charge on any atom is -0.329 e. The fraction of sp³-hybridized carbons (Fsp3) is 0.235. The average Bonchev–Trinajstić information content (AvgIpc) is 2.50. The first kappa shape index (κ1) is 15.2. The molecule has 2 rings (SSSR count). The number of benzene rings is 2. The molecule has 0 radical (unpaired) electrons. The van der Waals surface area contributed by atoms with Crippen molar-refractivity contribution in [1.29, 1.82) is 5.26 Å². The number of nitriles is 1. The van der Waals surface area contributed by atoms with Crippen LogP contribution in [0.15, 0.2) is 48.5 Å². The Balaban J connectivity index is 2.14. The molecule has 0 saturated carbocycles. The summed E-state index contributed by atoms with van der Waals surface area (Å²) in [5, 5.41) is 8.94. The third-order valence-electron chi connectivity index (χ3n) is 3.50. The smallest absolute Gasteiger partial charge is 0.123 e. The topological polar surface area (TPSA) is 53.0 Å². The molecule has 2 aromatic carbocycles. The van der Waals surface area contributed by atoms with Crippen molar-refractivity contribution >= 4 is 0 Å². The Bertz CT molecular complexity index is 631. The molecule has 0 spiro atoms. The maximum absolute atomic E-state index is 13.0. The molecule has 0 heterocycles. The van der Waals surface area contributed by atoms with Crippen LogP contribution in [0.5, 0.6) is 0 Å². The summed E-state index contributed by atoms with van der Waals surface area (Å²) in [5.74, 6) is -0.251. The van der Waals surface area contributed by atoms with Gasteiger partial charge in [0.25, 0.3) is 0 Å². The number of rotatable bonds is 5. The Morgan fingerprint density at radius 1 is 1.24 bits per heavy atom. The molecule has 0 aliphatic rings. The van der Waals surface area contributed by atoms with Gasteiger partial charge in [-0.3, -0.25) is 4.90 Å². The summed E-state index contributed by atoms with van der Waals surface area (Å²) in [6.45, 7) is 1.12. The fourth-order valence-electron chi connectivity index (χ4n) is 2.39. The number of halogens is 1. The molecule has 4 heteroatoms. The lowest BCUT2D eigenvalue weighted by Gasteiger charge is -2.27. The van der Waals surface area contributed by atoms with E-state index in [2.05, 4.69) is 11.0 Å². The van der Waals surface area contributed by atoms with E-state index in [-0.39, 0.29) is 11.9 Å². The summed E-state index contributed by atoms with van der Waals surface area (Å²) < 4.78 is 13.0. The molecule has 0 aliphatic heterocycles. The van der Waals surface area contributed by atoms with Gasteiger partial charge in [0, 0.05) is 19.1 Å². The summed E-state index contributed by atoms with van der Waals surface area (Å²) >= 11 is 0. The van der Waals surface area contributed by atoms with Crippen LogP contribution < -0.4 is 5.73 Å². The van der Waals surface area contributed by atoms with Gasteiger partial charge in [0.15, 0.2) is 0 Å².